The third-order valence-electron chi connectivity index (χ3n) is 4.72. The Morgan fingerprint density at radius 2 is 1.96 bits per heavy atom. The summed E-state index contributed by atoms with van der Waals surface area (Å²) in [6.45, 7) is 5.47. The van der Waals surface area contributed by atoms with Crippen molar-refractivity contribution in [3.05, 3.63) is 29.8 Å². The van der Waals surface area contributed by atoms with Crippen LogP contribution in [-0.2, 0) is 20.7 Å². The first-order valence-electron chi connectivity index (χ1n) is 9.39. The van der Waals surface area contributed by atoms with Crippen LogP contribution in [0.4, 0.5) is 0 Å². The van der Waals surface area contributed by atoms with Gasteiger partial charge in [0.25, 0.3) is 0 Å². The number of amides is 1. The molecule has 2 aliphatic rings. The van der Waals surface area contributed by atoms with Crippen molar-refractivity contribution in [1.29, 1.82) is 0 Å². The summed E-state index contributed by atoms with van der Waals surface area (Å²) in [6.07, 6.45) is 5.97. The number of carbonyl (C=O) groups excluding carboxylic acids is 1. The number of ether oxygens (including phenoxy) is 2. The molecule has 1 aliphatic carbocycles. The molecule has 5 heteroatoms. The monoisotopic (exact) mass is 363 g/mol. The summed E-state index contributed by atoms with van der Waals surface area (Å²) in [6, 6.07) is 8.26. The first-order valence-corrected chi connectivity index (χ1v) is 10.3. The summed E-state index contributed by atoms with van der Waals surface area (Å²) in [5, 5.41) is 3.56. The predicted octanol–water partition coefficient (Wildman–Crippen LogP) is 3.92. The molecule has 1 amide bonds. The van der Waals surface area contributed by atoms with Crippen LogP contribution in [0.25, 0.3) is 0 Å². The zero-order valence-corrected chi connectivity index (χ0v) is 16.1. The average Bonchev–Trinajstić information content (AvgIpc) is 2.97. The number of benzene rings is 1. The molecule has 0 unspecified atom stereocenters. The second-order valence-electron chi connectivity index (χ2n) is 7.31. The molecule has 138 valence electrons. The number of hydrogen-bond donors (Lipinski definition) is 1. The Morgan fingerprint density at radius 1 is 1.24 bits per heavy atom. The van der Waals surface area contributed by atoms with Crippen molar-refractivity contribution in [2.24, 2.45) is 0 Å². The van der Waals surface area contributed by atoms with Crippen LogP contribution in [-0.4, -0.2) is 36.2 Å². The zero-order chi connectivity index (χ0) is 17.7. The van der Waals surface area contributed by atoms with Crippen LogP contribution in [0.5, 0.6) is 0 Å². The van der Waals surface area contributed by atoms with Crippen molar-refractivity contribution in [3.8, 4) is 0 Å². The molecule has 1 aliphatic heterocycles. The maximum absolute atomic E-state index is 12.2. The van der Waals surface area contributed by atoms with E-state index in [9.17, 15) is 4.79 Å². The Kier molecular flexibility index (Phi) is 6.42. The highest BCUT2D eigenvalue weighted by molar-refractivity contribution is 7.99. The van der Waals surface area contributed by atoms with E-state index in [1.807, 2.05) is 23.9 Å². The van der Waals surface area contributed by atoms with E-state index < -0.39 is 0 Å². The zero-order valence-electron chi connectivity index (χ0n) is 15.3. The van der Waals surface area contributed by atoms with E-state index in [1.54, 1.807) is 0 Å². The van der Waals surface area contributed by atoms with Gasteiger partial charge in [0.15, 0.2) is 5.79 Å². The van der Waals surface area contributed by atoms with Gasteiger partial charge >= 0.3 is 0 Å². The molecular formula is C20H29NO3S. The standard InChI is InChI=1S/C20H29NO3S/c1-15(2)25-18-8-6-16(7-9-18)12-19(22)21-13-17-14-23-20(24-17)10-4-3-5-11-20/h6-9,15,17H,3-5,10-14H2,1-2H3,(H,21,22)/t17-/m0/s1. The Labute approximate surface area is 155 Å². The molecule has 1 saturated heterocycles. The van der Waals surface area contributed by atoms with Crippen LogP contribution in [0.1, 0.15) is 51.5 Å². The van der Waals surface area contributed by atoms with E-state index >= 15 is 0 Å². The third-order valence-corrected chi connectivity index (χ3v) is 5.73. The van der Waals surface area contributed by atoms with Crippen molar-refractivity contribution < 1.29 is 14.3 Å². The number of hydrogen-bond acceptors (Lipinski definition) is 4. The smallest absolute Gasteiger partial charge is 0.224 e. The second-order valence-corrected chi connectivity index (χ2v) is 8.96. The summed E-state index contributed by atoms with van der Waals surface area (Å²) in [5.74, 6) is -0.324. The quantitative estimate of drug-likeness (QED) is 0.778. The molecule has 0 radical (unpaired) electrons. The van der Waals surface area contributed by atoms with Gasteiger partial charge in [0.2, 0.25) is 5.91 Å². The van der Waals surface area contributed by atoms with E-state index in [1.165, 1.54) is 24.2 Å². The fraction of sp³-hybridized carbons (Fsp3) is 0.650. The molecule has 1 saturated carbocycles. The molecule has 0 bridgehead atoms. The number of carbonyl (C=O) groups is 1. The van der Waals surface area contributed by atoms with Gasteiger partial charge in [0.05, 0.1) is 13.0 Å². The van der Waals surface area contributed by atoms with Crippen LogP contribution in [0.2, 0.25) is 0 Å². The SMILES string of the molecule is CC(C)Sc1ccc(CC(=O)NC[C@H]2COC3(CCCCC3)O2)cc1. The molecule has 3 rings (SSSR count). The van der Waals surface area contributed by atoms with E-state index in [0.29, 0.717) is 24.8 Å². The maximum Gasteiger partial charge on any atom is 0.224 e. The summed E-state index contributed by atoms with van der Waals surface area (Å²) in [4.78, 5) is 13.4. The molecule has 2 fully saturated rings. The first-order chi connectivity index (χ1) is 12.0. The minimum absolute atomic E-state index is 0.0214. The minimum atomic E-state index is -0.364. The van der Waals surface area contributed by atoms with Gasteiger partial charge in [0.1, 0.15) is 6.10 Å². The summed E-state index contributed by atoms with van der Waals surface area (Å²) < 4.78 is 12.0. The van der Waals surface area contributed by atoms with Crippen LogP contribution < -0.4 is 5.32 Å². The molecule has 1 N–H and O–H groups in total. The van der Waals surface area contributed by atoms with Crippen LogP contribution in [0.3, 0.4) is 0 Å². The minimum Gasteiger partial charge on any atom is -0.353 e. The number of rotatable bonds is 6. The molecule has 1 heterocycles. The third kappa shape index (κ3) is 5.47. The van der Waals surface area contributed by atoms with E-state index in [2.05, 4.69) is 31.3 Å². The fourth-order valence-corrected chi connectivity index (χ4v) is 4.34. The van der Waals surface area contributed by atoms with Gasteiger partial charge in [-0.05, 0) is 30.5 Å². The van der Waals surface area contributed by atoms with Gasteiger partial charge in [-0.25, -0.2) is 0 Å². The highest BCUT2D eigenvalue weighted by atomic mass is 32.2. The molecule has 4 nitrogen and oxygen atoms in total. The highest BCUT2D eigenvalue weighted by Gasteiger charge is 2.42. The highest BCUT2D eigenvalue weighted by Crippen LogP contribution is 2.37. The van der Waals surface area contributed by atoms with Crippen molar-refractivity contribution in [3.63, 3.8) is 0 Å². The molecule has 25 heavy (non-hydrogen) atoms. The molecule has 1 aromatic rings. The summed E-state index contributed by atoms with van der Waals surface area (Å²) in [7, 11) is 0. The molecule has 0 aromatic heterocycles. The van der Waals surface area contributed by atoms with Crippen molar-refractivity contribution >= 4 is 17.7 Å². The number of thioether (sulfide) groups is 1. The van der Waals surface area contributed by atoms with Crippen LogP contribution in [0, 0.1) is 0 Å². The molecule has 1 aromatic carbocycles. The predicted molar refractivity (Wildman–Crippen MR) is 101 cm³/mol. The largest absolute Gasteiger partial charge is 0.353 e. The van der Waals surface area contributed by atoms with Crippen molar-refractivity contribution in [2.45, 2.75) is 74.4 Å². The first kappa shape index (κ1) is 18.7. The van der Waals surface area contributed by atoms with E-state index in [4.69, 9.17) is 9.47 Å². The lowest BCUT2D eigenvalue weighted by atomic mass is 9.94. The van der Waals surface area contributed by atoms with Gasteiger partial charge in [-0.15, -0.1) is 11.8 Å². The normalized spacial score (nSPS) is 22.4. The lowest BCUT2D eigenvalue weighted by Gasteiger charge is -2.31. The van der Waals surface area contributed by atoms with Crippen molar-refractivity contribution in [2.75, 3.05) is 13.2 Å². The Bertz CT molecular complexity index is 567. The maximum atomic E-state index is 12.2. The van der Waals surface area contributed by atoms with Gasteiger partial charge < -0.3 is 14.8 Å². The lowest BCUT2D eigenvalue weighted by molar-refractivity contribution is -0.186. The van der Waals surface area contributed by atoms with Gasteiger partial charge in [-0.1, -0.05) is 32.4 Å². The van der Waals surface area contributed by atoms with Crippen molar-refractivity contribution in [1.82, 2.24) is 5.32 Å². The van der Waals surface area contributed by atoms with E-state index in [0.717, 1.165) is 18.4 Å². The summed E-state index contributed by atoms with van der Waals surface area (Å²) in [5.41, 5.74) is 1.04. The number of nitrogens with one attached hydrogen (secondary N) is 1. The van der Waals surface area contributed by atoms with Crippen LogP contribution in [0.15, 0.2) is 29.2 Å². The Balaban J connectivity index is 1.41. The Morgan fingerprint density at radius 3 is 2.64 bits per heavy atom. The van der Waals surface area contributed by atoms with Gasteiger partial charge in [0, 0.05) is 29.5 Å². The van der Waals surface area contributed by atoms with Crippen LogP contribution >= 0.6 is 11.8 Å². The van der Waals surface area contributed by atoms with Gasteiger partial charge in [-0.2, -0.15) is 0 Å². The molecular weight excluding hydrogens is 334 g/mol. The molecule has 1 spiro atoms. The summed E-state index contributed by atoms with van der Waals surface area (Å²) >= 11 is 1.83. The molecule has 1 atom stereocenters. The topological polar surface area (TPSA) is 47.6 Å². The fourth-order valence-electron chi connectivity index (χ4n) is 3.50. The second kappa shape index (κ2) is 8.56. The lowest BCUT2D eigenvalue weighted by Crippen LogP contribution is -2.37. The van der Waals surface area contributed by atoms with Gasteiger partial charge in [-0.3, -0.25) is 4.79 Å². The van der Waals surface area contributed by atoms with E-state index in [-0.39, 0.29) is 17.8 Å². The Hall–Kier alpha value is -1.04. The average molecular weight is 364 g/mol.